The lowest BCUT2D eigenvalue weighted by Crippen LogP contribution is -2.42. The summed E-state index contributed by atoms with van der Waals surface area (Å²) in [5.74, 6) is 0.506. The fourth-order valence-corrected chi connectivity index (χ4v) is 3.92. The molecule has 2 N–H and O–H groups in total. The van der Waals surface area contributed by atoms with E-state index >= 15 is 0 Å². The Balaban J connectivity index is 1.96. The predicted molar refractivity (Wildman–Crippen MR) is 63.3 cm³/mol. The van der Waals surface area contributed by atoms with Crippen molar-refractivity contribution in [2.75, 3.05) is 26.2 Å². The van der Waals surface area contributed by atoms with Gasteiger partial charge in [0, 0.05) is 25.7 Å². The zero-order chi connectivity index (χ0) is 11.6. The first-order chi connectivity index (χ1) is 7.63. The van der Waals surface area contributed by atoms with Crippen LogP contribution in [0.2, 0.25) is 0 Å². The van der Waals surface area contributed by atoms with Gasteiger partial charge in [0.25, 0.3) is 10.2 Å². The summed E-state index contributed by atoms with van der Waals surface area (Å²) in [6.07, 6.45) is 3.15. The van der Waals surface area contributed by atoms with Gasteiger partial charge in [-0.05, 0) is 31.7 Å². The quantitative estimate of drug-likeness (QED) is 0.730. The van der Waals surface area contributed by atoms with Crippen molar-refractivity contribution in [3.63, 3.8) is 0 Å². The summed E-state index contributed by atoms with van der Waals surface area (Å²) < 4.78 is 28.1. The van der Waals surface area contributed by atoms with E-state index < -0.39 is 10.2 Å². The summed E-state index contributed by atoms with van der Waals surface area (Å²) in [7, 11) is -3.24. The molecular formula is C10H21N3O2S. The number of rotatable bonds is 4. The molecule has 0 radical (unpaired) electrons. The standard InChI is InChI=1S/C10H21N3O2S/c1-2-5-12-16(14,15)13-7-9-4-3-6-11-10(9)8-13/h9-12H,2-8H2,1H3. The maximum Gasteiger partial charge on any atom is 0.279 e. The summed E-state index contributed by atoms with van der Waals surface area (Å²) in [6, 6.07) is 0.368. The van der Waals surface area contributed by atoms with Crippen molar-refractivity contribution in [2.24, 2.45) is 5.92 Å². The third-order valence-corrected chi connectivity index (χ3v) is 4.99. The Morgan fingerprint density at radius 1 is 1.44 bits per heavy atom. The molecule has 0 amide bonds. The Hall–Kier alpha value is -0.170. The van der Waals surface area contributed by atoms with Crippen molar-refractivity contribution in [2.45, 2.75) is 32.2 Å². The van der Waals surface area contributed by atoms with E-state index in [2.05, 4.69) is 10.0 Å². The lowest BCUT2D eigenvalue weighted by Gasteiger charge is -2.24. The van der Waals surface area contributed by atoms with Crippen molar-refractivity contribution in [3.8, 4) is 0 Å². The molecule has 0 aromatic rings. The Labute approximate surface area is 97.8 Å². The van der Waals surface area contributed by atoms with Crippen LogP contribution in [0.1, 0.15) is 26.2 Å². The zero-order valence-corrected chi connectivity index (χ0v) is 10.6. The number of piperidine rings is 1. The monoisotopic (exact) mass is 247 g/mol. The minimum absolute atomic E-state index is 0.368. The van der Waals surface area contributed by atoms with Crippen LogP contribution in [0.25, 0.3) is 0 Å². The van der Waals surface area contributed by atoms with Crippen molar-refractivity contribution < 1.29 is 8.42 Å². The Kier molecular flexibility index (Phi) is 3.84. The molecule has 0 spiro atoms. The number of hydrogen-bond donors (Lipinski definition) is 2. The van der Waals surface area contributed by atoms with E-state index in [1.54, 1.807) is 4.31 Å². The molecular weight excluding hydrogens is 226 g/mol. The fraction of sp³-hybridized carbons (Fsp3) is 1.00. The summed E-state index contributed by atoms with van der Waals surface area (Å²) in [5, 5.41) is 3.41. The van der Waals surface area contributed by atoms with E-state index in [4.69, 9.17) is 0 Å². The second-order valence-electron chi connectivity index (χ2n) is 4.68. The highest BCUT2D eigenvalue weighted by molar-refractivity contribution is 7.87. The molecule has 5 nitrogen and oxygen atoms in total. The minimum atomic E-state index is -3.24. The molecule has 0 saturated carbocycles. The van der Waals surface area contributed by atoms with Gasteiger partial charge in [-0.3, -0.25) is 0 Å². The Morgan fingerprint density at radius 2 is 2.25 bits per heavy atom. The van der Waals surface area contributed by atoms with Crippen LogP contribution in [-0.4, -0.2) is 44.9 Å². The van der Waals surface area contributed by atoms with E-state index in [1.807, 2.05) is 6.92 Å². The van der Waals surface area contributed by atoms with E-state index in [9.17, 15) is 8.42 Å². The van der Waals surface area contributed by atoms with Crippen LogP contribution in [0.3, 0.4) is 0 Å². The van der Waals surface area contributed by atoms with Crippen LogP contribution in [0.4, 0.5) is 0 Å². The first-order valence-corrected chi connectivity index (χ1v) is 7.55. The lowest BCUT2D eigenvalue weighted by molar-refractivity contribution is 0.339. The highest BCUT2D eigenvalue weighted by atomic mass is 32.2. The molecule has 2 unspecified atom stereocenters. The number of nitrogens with one attached hydrogen (secondary N) is 2. The topological polar surface area (TPSA) is 61.4 Å². The molecule has 16 heavy (non-hydrogen) atoms. The SMILES string of the molecule is CCCNS(=O)(=O)N1CC2CCCNC2C1. The van der Waals surface area contributed by atoms with E-state index in [-0.39, 0.29) is 0 Å². The van der Waals surface area contributed by atoms with Gasteiger partial charge in [0.1, 0.15) is 0 Å². The largest absolute Gasteiger partial charge is 0.312 e. The molecule has 2 atom stereocenters. The molecule has 2 fully saturated rings. The van der Waals surface area contributed by atoms with Gasteiger partial charge in [-0.15, -0.1) is 0 Å². The van der Waals surface area contributed by atoms with Crippen LogP contribution in [-0.2, 0) is 10.2 Å². The van der Waals surface area contributed by atoms with Crippen LogP contribution in [0, 0.1) is 5.92 Å². The molecule has 2 saturated heterocycles. The van der Waals surface area contributed by atoms with Crippen LogP contribution in [0.5, 0.6) is 0 Å². The van der Waals surface area contributed by atoms with Gasteiger partial charge >= 0.3 is 0 Å². The van der Waals surface area contributed by atoms with Crippen molar-refractivity contribution in [1.29, 1.82) is 0 Å². The maximum atomic E-state index is 11.9. The van der Waals surface area contributed by atoms with E-state index in [0.717, 1.165) is 25.8 Å². The maximum absolute atomic E-state index is 11.9. The van der Waals surface area contributed by atoms with Gasteiger partial charge in [0.2, 0.25) is 0 Å². The predicted octanol–water partition coefficient (Wildman–Crippen LogP) is -0.0854. The normalized spacial score (nSPS) is 31.6. The average molecular weight is 247 g/mol. The molecule has 0 bridgehead atoms. The first kappa shape index (κ1) is 12.3. The van der Waals surface area contributed by atoms with E-state index in [1.165, 1.54) is 0 Å². The van der Waals surface area contributed by atoms with Crippen molar-refractivity contribution in [1.82, 2.24) is 14.3 Å². The molecule has 0 aromatic carbocycles. The van der Waals surface area contributed by atoms with Crippen molar-refractivity contribution in [3.05, 3.63) is 0 Å². The van der Waals surface area contributed by atoms with Gasteiger partial charge in [0.05, 0.1) is 0 Å². The number of hydrogen-bond acceptors (Lipinski definition) is 3. The molecule has 2 aliphatic rings. The fourth-order valence-electron chi connectivity index (χ4n) is 2.53. The smallest absolute Gasteiger partial charge is 0.279 e. The summed E-state index contributed by atoms with van der Waals surface area (Å²) in [4.78, 5) is 0. The molecule has 2 heterocycles. The highest BCUT2D eigenvalue weighted by Crippen LogP contribution is 2.26. The summed E-state index contributed by atoms with van der Waals surface area (Å²) in [5.41, 5.74) is 0. The zero-order valence-electron chi connectivity index (χ0n) is 9.78. The molecule has 2 aliphatic heterocycles. The van der Waals surface area contributed by atoms with Gasteiger partial charge < -0.3 is 5.32 Å². The Morgan fingerprint density at radius 3 is 2.94 bits per heavy atom. The Bertz CT molecular complexity index is 317. The van der Waals surface area contributed by atoms with Crippen molar-refractivity contribution >= 4 is 10.2 Å². The minimum Gasteiger partial charge on any atom is -0.312 e. The highest BCUT2D eigenvalue weighted by Gasteiger charge is 2.39. The molecule has 0 aliphatic carbocycles. The van der Waals surface area contributed by atoms with Gasteiger partial charge in [-0.1, -0.05) is 6.92 Å². The number of fused-ring (bicyclic) bond motifs is 1. The van der Waals surface area contributed by atoms with Gasteiger partial charge in [-0.2, -0.15) is 12.7 Å². The van der Waals surface area contributed by atoms with Crippen LogP contribution >= 0.6 is 0 Å². The third kappa shape index (κ3) is 2.56. The summed E-state index contributed by atoms with van der Waals surface area (Å²) in [6.45, 7) is 4.83. The van der Waals surface area contributed by atoms with Crippen LogP contribution in [0.15, 0.2) is 0 Å². The molecule has 2 rings (SSSR count). The molecule has 6 heteroatoms. The van der Waals surface area contributed by atoms with Gasteiger partial charge in [0.15, 0.2) is 0 Å². The first-order valence-electron chi connectivity index (χ1n) is 6.11. The lowest BCUT2D eigenvalue weighted by atomic mass is 9.94. The second-order valence-corrected chi connectivity index (χ2v) is 6.43. The van der Waals surface area contributed by atoms with E-state index in [0.29, 0.717) is 31.6 Å². The second kappa shape index (κ2) is 5.00. The molecule has 94 valence electrons. The molecule has 0 aromatic heterocycles. The van der Waals surface area contributed by atoms with Crippen LogP contribution < -0.4 is 10.0 Å². The average Bonchev–Trinajstić information content (AvgIpc) is 2.71. The third-order valence-electron chi connectivity index (χ3n) is 3.44. The summed E-state index contributed by atoms with van der Waals surface area (Å²) >= 11 is 0. The van der Waals surface area contributed by atoms with Gasteiger partial charge in [-0.25, -0.2) is 4.72 Å². The number of nitrogens with zero attached hydrogens (tertiary/aromatic N) is 1.